The van der Waals surface area contributed by atoms with Crippen LogP contribution in [0.15, 0.2) is 43.6 Å². The van der Waals surface area contributed by atoms with Crippen molar-refractivity contribution in [2.45, 2.75) is 16.7 Å². The van der Waals surface area contributed by atoms with Crippen LogP contribution in [-0.4, -0.2) is 4.98 Å². The Morgan fingerprint density at radius 2 is 2.31 bits per heavy atom. The molecule has 0 saturated carbocycles. The molecule has 0 atom stereocenters. The summed E-state index contributed by atoms with van der Waals surface area (Å²) in [5.74, 6) is -0.342. The zero-order valence-corrected chi connectivity index (χ0v) is 10.5. The zero-order chi connectivity index (χ0) is 11.5. The predicted molar refractivity (Wildman–Crippen MR) is 62.6 cm³/mol. The number of nitrogens with zero attached hydrogens (tertiary/aromatic N) is 1. The number of halogens is 2. The number of aromatic nitrogens is 1. The van der Waals surface area contributed by atoms with Crippen molar-refractivity contribution in [3.63, 3.8) is 0 Å². The SMILES string of the molecule is NCc1ccc(Sc2ncco2)c(F)c1Br. The Kier molecular flexibility index (Phi) is 3.63. The molecule has 0 aliphatic carbocycles. The van der Waals surface area contributed by atoms with E-state index in [1.54, 1.807) is 12.1 Å². The summed E-state index contributed by atoms with van der Waals surface area (Å²) in [6, 6.07) is 3.44. The Morgan fingerprint density at radius 1 is 1.50 bits per heavy atom. The third-order valence-corrected chi connectivity index (χ3v) is 3.72. The lowest BCUT2D eigenvalue weighted by atomic mass is 10.2. The number of rotatable bonds is 3. The topological polar surface area (TPSA) is 52.0 Å². The summed E-state index contributed by atoms with van der Waals surface area (Å²) in [5.41, 5.74) is 6.20. The van der Waals surface area contributed by atoms with E-state index >= 15 is 0 Å². The normalized spacial score (nSPS) is 10.7. The Labute approximate surface area is 104 Å². The van der Waals surface area contributed by atoms with Gasteiger partial charge < -0.3 is 10.2 Å². The first kappa shape index (κ1) is 11.6. The molecule has 1 heterocycles. The van der Waals surface area contributed by atoms with Gasteiger partial charge >= 0.3 is 0 Å². The van der Waals surface area contributed by atoms with Gasteiger partial charge in [0.15, 0.2) is 5.82 Å². The third kappa shape index (κ3) is 2.28. The first-order valence-electron chi connectivity index (χ1n) is 4.46. The van der Waals surface area contributed by atoms with Gasteiger partial charge in [0.05, 0.1) is 15.6 Å². The van der Waals surface area contributed by atoms with Crippen molar-refractivity contribution in [2.75, 3.05) is 0 Å². The molecule has 6 heteroatoms. The smallest absolute Gasteiger partial charge is 0.260 e. The highest BCUT2D eigenvalue weighted by molar-refractivity contribution is 9.10. The van der Waals surface area contributed by atoms with Crippen molar-refractivity contribution >= 4 is 27.7 Å². The van der Waals surface area contributed by atoms with Crippen molar-refractivity contribution in [1.82, 2.24) is 4.98 Å². The molecule has 0 aliphatic heterocycles. The maximum absolute atomic E-state index is 13.8. The highest BCUT2D eigenvalue weighted by Gasteiger charge is 2.13. The molecular weight excluding hydrogens is 295 g/mol. The van der Waals surface area contributed by atoms with Gasteiger partial charge in [-0.05, 0) is 39.3 Å². The monoisotopic (exact) mass is 302 g/mol. The van der Waals surface area contributed by atoms with Crippen LogP contribution in [0.5, 0.6) is 0 Å². The van der Waals surface area contributed by atoms with E-state index in [1.165, 1.54) is 12.5 Å². The molecule has 1 aromatic heterocycles. The van der Waals surface area contributed by atoms with E-state index < -0.39 is 0 Å². The lowest BCUT2D eigenvalue weighted by molar-refractivity contribution is 0.453. The van der Waals surface area contributed by atoms with Gasteiger partial charge in [-0.1, -0.05) is 6.07 Å². The minimum atomic E-state index is -0.342. The van der Waals surface area contributed by atoms with Crippen molar-refractivity contribution in [3.8, 4) is 0 Å². The lowest BCUT2D eigenvalue weighted by Gasteiger charge is -2.06. The molecule has 0 bridgehead atoms. The third-order valence-electron chi connectivity index (χ3n) is 1.95. The van der Waals surface area contributed by atoms with Crippen molar-refractivity contribution in [2.24, 2.45) is 5.73 Å². The number of hydrogen-bond acceptors (Lipinski definition) is 4. The molecule has 16 heavy (non-hydrogen) atoms. The second-order valence-electron chi connectivity index (χ2n) is 2.95. The average Bonchev–Trinajstić information content (AvgIpc) is 2.78. The van der Waals surface area contributed by atoms with Crippen LogP contribution in [0, 0.1) is 5.82 Å². The molecule has 0 spiro atoms. The summed E-state index contributed by atoms with van der Waals surface area (Å²) < 4.78 is 19.3. The van der Waals surface area contributed by atoms with Crippen molar-refractivity contribution in [3.05, 3.63) is 40.4 Å². The van der Waals surface area contributed by atoms with Crippen LogP contribution in [-0.2, 0) is 6.54 Å². The lowest BCUT2D eigenvalue weighted by Crippen LogP contribution is -1.99. The molecule has 0 fully saturated rings. The van der Waals surface area contributed by atoms with Gasteiger partial charge in [-0.15, -0.1) is 0 Å². The molecule has 2 rings (SSSR count). The Hall–Kier alpha value is -0.850. The van der Waals surface area contributed by atoms with Crippen LogP contribution in [0.2, 0.25) is 0 Å². The summed E-state index contributed by atoms with van der Waals surface area (Å²) in [7, 11) is 0. The molecule has 84 valence electrons. The molecule has 2 N–H and O–H groups in total. The fraction of sp³-hybridized carbons (Fsp3) is 0.100. The van der Waals surface area contributed by atoms with Gasteiger partial charge in [-0.3, -0.25) is 0 Å². The highest BCUT2D eigenvalue weighted by atomic mass is 79.9. The van der Waals surface area contributed by atoms with Gasteiger partial charge in [0, 0.05) is 6.54 Å². The van der Waals surface area contributed by atoms with Crippen LogP contribution in [0.1, 0.15) is 5.56 Å². The van der Waals surface area contributed by atoms with E-state index in [9.17, 15) is 4.39 Å². The highest BCUT2D eigenvalue weighted by Crippen LogP contribution is 2.33. The minimum Gasteiger partial charge on any atom is -0.440 e. The molecule has 0 unspecified atom stereocenters. The van der Waals surface area contributed by atoms with Crippen molar-refractivity contribution in [1.29, 1.82) is 0 Å². The summed E-state index contributed by atoms with van der Waals surface area (Å²) in [6.07, 6.45) is 2.97. The fourth-order valence-electron chi connectivity index (χ4n) is 1.16. The first-order chi connectivity index (χ1) is 7.72. The number of nitrogens with two attached hydrogens (primary N) is 1. The Balaban J connectivity index is 2.32. The molecule has 3 nitrogen and oxygen atoms in total. The van der Waals surface area contributed by atoms with Crippen LogP contribution in [0.4, 0.5) is 4.39 Å². The summed E-state index contributed by atoms with van der Waals surface area (Å²) >= 11 is 4.31. The minimum absolute atomic E-state index is 0.293. The van der Waals surface area contributed by atoms with Gasteiger partial charge in [-0.25, -0.2) is 9.37 Å². The molecule has 0 amide bonds. The summed E-state index contributed by atoms with van der Waals surface area (Å²) in [4.78, 5) is 4.37. The van der Waals surface area contributed by atoms with Gasteiger partial charge in [0.2, 0.25) is 0 Å². The molecule has 1 aromatic carbocycles. The second-order valence-corrected chi connectivity index (χ2v) is 4.74. The fourth-order valence-corrected chi connectivity index (χ4v) is 2.53. The average molecular weight is 303 g/mol. The molecule has 0 aliphatic rings. The number of benzene rings is 1. The van der Waals surface area contributed by atoms with E-state index in [4.69, 9.17) is 10.2 Å². The molecule has 0 saturated heterocycles. The van der Waals surface area contributed by atoms with Crippen LogP contribution < -0.4 is 5.73 Å². The number of hydrogen-bond donors (Lipinski definition) is 1. The zero-order valence-electron chi connectivity index (χ0n) is 8.11. The first-order valence-corrected chi connectivity index (χ1v) is 6.07. The maximum atomic E-state index is 13.8. The van der Waals surface area contributed by atoms with Gasteiger partial charge in [-0.2, -0.15) is 0 Å². The van der Waals surface area contributed by atoms with Crippen molar-refractivity contribution < 1.29 is 8.81 Å². The van der Waals surface area contributed by atoms with Gasteiger partial charge in [0.25, 0.3) is 5.22 Å². The van der Waals surface area contributed by atoms with Gasteiger partial charge in [0.1, 0.15) is 6.26 Å². The molecule has 0 radical (unpaired) electrons. The van der Waals surface area contributed by atoms with Crippen LogP contribution in [0.3, 0.4) is 0 Å². The summed E-state index contributed by atoms with van der Waals surface area (Å²) in [6.45, 7) is 0.293. The van der Waals surface area contributed by atoms with E-state index in [0.29, 0.717) is 21.1 Å². The molecule has 2 aromatic rings. The quantitative estimate of drug-likeness (QED) is 0.946. The van der Waals surface area contributed by atoms with E-state index in [1.807, 2.05) is 0 Å². The Bertz CT molecular complexity index is 490. The largest absolute Gasteiger partial charge is 0.440 e. The number of oxazole rings is 1. The molecular formula is C10H8BrFN2OS. The standard InChI is InChI=1S/C10H8BrFN2OS/c11-8-6(5-13)1-2-7(9(8)12)16-10-14-3-4-15-10/h1-4H,5,13H2. The Morgan fingerprint density at radius 3 is 2.94 bits per heavy atom. The second kappa shape index (κ2) is 4.99. The maximum Gasteiger partial charge on any atom is 0.260 e. The predicted octanol–water partition coefficient (Wildman–Crippen LogP) is 3.19. The summed E-state index contributed by atoms with van der Waals surface area (Å²) in [5, 5.41) is 0.409. The van der Waals surface area contributed by atoms with Crippen LogP contribution >= 0.6 is 27.7 Å². The van der Waals surface area contributed by atoms with E-state index in [0.717, 1.165) is 17.3 Å². The van der Waals surface area contributed by atoms with Crippen LogP contribution in [0.25, 0.3) is 0 Å². The van der Waals surface area contributed by atoms with E-state index in [2.05, 4.69) is 20.9 Å². The van der Waals surface area contributed by atoms with E-state index in [-0.39, 0.29) is 5.82 Å².